The van der Waals surface area contributed by atoms with E-state index in [1.165, 1.54) is 5.56 Å². The quantitative estimate of drug-likeness (QED) is 0.860. The van der Waals surface area contributed by atoms with Crippen molar-refractivity contribution >= 4 is 17.4 Å². The molecule has 0 aromatic carbocycles. The molecule has 0 saturated carbocycles. The highest BCUT2D eigenvalue weighted by Gasteiger charge is 2.22. The van der Waals surface area contributed by atoms with Crippen LogP contribution < -0.4 is 4.90 Å². The highest BCUT2D eigenvalue weighted by Crippen LogP contribution is 2.25. The van der Waals surface area contributed by atoms with E-state index in [2.05, 4.69) is 26.0 Å². The maximum atomic E-state index is 8.88. The van der Waals surface area contributed by atoms with Crippen molar-refractivity contribution in [1.29, 1.82) is 5.26 Å². The van der Waals surface area contributed by atoms with Gasteiger partial charge >= 0.3 is 0 Å². The Bertz CT molecular complexity index is 724. The van der Waals surface area contributed by atoms with Crippen molar-refractivity contribution in [3.05, 3.63) is 39.9 Å². The van der Waals surface area contributed by atoms with E-state index in [1.807, 2.05) is 13.8 Å². The monoisotopic (exact) mass is 331 g/mol. The molecule has 0 amide bonds. The van der Waals surface area contributed by atoms with Crippen LogP contribution in [0.5, 0.6) is 0 Å². The standard InChI is InChI=1S/C16H18ClN5O/c1-11-14(12(2)23-20-11)10-21-3-5-22(6-4-21)16-15(17)7-13(8-18)9-19-16/h7,9H,3-6,10H2,1-2H3. The second-order valence-electron chi connectivity index (χ2n) is 5.71. The Balaban J connectivity index is 1.64. The van der Waals surface area contributed by atoms with Gasteiger partial charge in [0, 0.05) is 44.5 Å². The lowest BCUT2D eigenvalue weighted by molar-refractivity contribution is 0.247. The number of aryl methyl sites for hydroxylation is 2. The molecule has 1 aliphatic heterocycles. The fourth-order valence-corrected chi connectivity index (χ4v) is 3.08. The van der Waals surface area contributed by atoms with E-state index in [1.54, 1.807) is 12.3 Å². The van der Waals surface area contributed by atoms with Crippen LogP contribution in [0.1, 0.15) is 22.6 Å². The molecule has 120 valence electrons. The molecule has 2 aromatic rings. The summed E-state index contributed by atoms with van der Waals surface area (Å²) >= 11 is 6.25. The second-order valence-corrected chi connectivity index (χ2v) is 6.11. The molecule has 1 saturated heterocycles. The van der Waals surface area contributed by atoms with Crippen molar-refractivity contribution < 1.29 is 4.52 Å². The van der Waals surface area contributed by atoms with Crippen LogP contribution >= 0.6 is 11.6 Å². The lowest BCUT2D eigenvalue weighted by Crippen LogP contribution is -2.46. The molecular weight excluding hydrogens is 314 g/mol. The van der Waals surface area contributed by atoms with Gasteiger partial charge in [0.15, 0.2) is 0 Å². The first-order valence-corrected chi connectivity index (χ1v) is 7.91. The van der Waals surface area contributed by atoms with Gasteiger partial charge in [0.2, 0.25) is 0 Å². The fraction of sp³-hybridized carbons (Fsp3) is 0.438. The van der Waals surface area contributed by atoms with E-state index in [4.69, 9.17) is 21.4 Å². The summed E-state index contributed by atoms with van der Waals surface area (Å²) in [4.78, 5) is 8.87. The van der Waals surface area contributed by atoms with Gasteiger partial charge in [0.25, 0.3) is 0 Å². The molecule has 3 heterocycles. The molecule has 0 spiro atoms. The van der Waals surface area contributed by atoms with Crippen LogP contribution in [0.4, 0.5) is 5.82 Å². The third-order valence-electron chi connectivity index (χ3n) is 4.19. The summed E-state index contributed by atoms with van der Waals surface area (Å²) < 4.78 is 5.22. The van der Waals surface area contributed by atoms with Crippen molar-refractivity contribution in [1.82, 2.24) is 15.0 Å². The number of hydrogen-bond acceptors (Lipinski definition) is 6. The molecule has 0 aliphatic carbocycles. The predicted molar refractivity (Wildman–Crippen MR) is 87.4 cm³/mol. The van der Waals surface area contributed by atoms with Crippen LogP contribution in [0, 0.1) is 25.2 Å². The average Bonchev–Trinajstić information content (AvgIpc) is 2.87. The first-order valence-electron chi connectivity index (χ1n) is 7.53. The largest absolute Gasteiger partial charge is 0.361 e. The number of anilines is 1. The van der Waals surface area contributed by atoms with Crippen LogP contribution in [0.25, 0.3) is 0 Å². The Morgan fingerprint density at radius 2 is 2.04 bits per heavy atom. The Hall–Kier alpha value is -2.10. The number of piperazine rings is 1. The number of nitriles is 1. The van der Waals surface area contributed by atoms with E-state index >= 15 is 0 Å². The van der Waals surface area contributed by atoms with Crippen molar-refractivity contribution in [3.8, 4) is 6.07 Å². The number of aromatic nitrogens is 2. The Labute approximate surface area is 140 Å². The molecule has 0 atom stereocenters. The molecule has 23 heavy (non-hydrogen) atoms. The maximum absolute atomic E-state index is 8.88. The molecule has 3 rings (SSSR count). The molecule has 0 bridgehead atoms. The third-order valence-corrected chi connectivity index (χ3v) is 4.46. The Kier molecular flexibility index (Phi) is 4.51. The third kappa shape index (κ3) is 3.31. The number of hydrogen-bond donors (Lipinski definition) is 0. The summed E-state index contributed by atoms with van der Waals surface area (Å²) in [5, 5.41) is 13.4. The van der Waals surface area contributed by atoms with Crippen molar-refractivity contribution in [2.24, 2.45) is 0 Å². The zero-order valence-electron chi connectivity index (χ0n) is 13.2. The summed E-state index contributed by atoms with van der Waals surface area (Å²) in [7, 11) is 0. The lowest BCUT2D eigenvalue weighted by Gasteiger charge is -2.35. The van der Waals surface area contributed by atoms with Gasteiger partial charge in [-0.05, 0) is 19.9 Å². The number of nitrogens with zero attached hydrogens (tertiary/aromatic N) is 5. The van der Waals surface area contributed by atoms with E-state index < -0.39 is 0 Å². The van der Waals surface area contributed by atoms with Gasteiger partial charge in [0.05, 0.1) is 16.3 Å². The molecule has 1 aliphatic rings. The number of rotatable bonds is 3. The van der Waals surface area contributed by atoms with E-state index in [-0.39, 0.29) is 0 Å². The van der Waals surface area contributed by atoms with Crippen LogP contribution in [0.3, 0.4) is 0 Å². The lowest BCUT2D eigenvalue weighted by atomic mass is 10.2. The summed E-state index contributed by atoms with van der Waals surface area (Å²) in [5.74, 6) is 1.64. The number of pyridine rings is 1. The number of halogens is 1. The van der Waals surface area contributed by atoms with Crippen LogP contribution in [-0.2, 0) is 6.54 Å². The van der Waals surface area contributed by atoms with Gasteiger partial charge in [-0.25, -0.2) is 4.98 Å². The minimum atomic E-state index is 0.482. The fourth-order valence-electron chi connectivity index (χ4n) is 2.79. The van der Waals surface area contributed by atoms with Gasteiger partial charge in [-0.2, -0.15) is 5.26 Å². The minimum absolute atomic E-state index is 0.482. The molecular formula is C16H18ClN5O. The zero-order valence-corrected chi connectivity index (χ0v) is 14.0. The minimum Gasteiger partial charge on any atom is -0.361 e. The van der Waals surface area contributed by atoms with Gasteiger partial charge in [0.1, 0.15) is 17.6 Å². The van der Waals surface area contributed by atoms with Gasteiger partial charge < -0.3 is 9.42 Å². The maximum Gasteiger partial charge on any atom is 0.147 e. The van der Waals surface area contributed by atoms with Crippen LogP contribution in [0.15, 0.2) is 16.8 Å². The van der Waals surface area contributed by atoms with E-state index in [9.17, 15) is 0 Å². The first-order chi connectivity index (χ1) is 11.1. The molecule has 7 heteroatoms. The van der Waals surface area contributed by atoms with Crippen molar-refractivity contribution in [2.45, 2.75) is 20.4 Å². The smallest absolute Gasteiger partial charge is 0.147 e. The summed E-state index contributed by atoms with van der Waals surface area (Å²) in [6.07, 6.45) is 1.57. The zero-order chi connectivity index (χ0) is 16.4. The summed E-state index contributed by atoms with van der Waals surface area (Å²) in [6.45, 7) is 8.31. The second kappa shape index (κ2) is 6.57. The van der Waals surface area contributed by atoms with Crippen molar-refractivity contribution in [3.63, 3.8) is 0 Å². The highest BCUT2D eigenvalue weighted by atomic mass is 35.5. The first kappa shape index (κ1) is 15.8. The molecule has 0 radical (unpaired) electrons. The van der Waals surface area contributed by atoms with E-state index in [0.717, 1.165) is 50.0 Å². The van der Waals surface area contributed by atoms with Crippen LogP contribution in [0.2, 0.25) is 5.02 Å². The molecule has 0 N–H and O–H groups in total. The Morgan fingerprint density at radius 3 is 2.61 bits per heavy atom. The molecule has 6 nitrogen and oxygen atoms in total. The van der Waals surface area contributed by atoms with Gasteiger partial charge in [-0.1, -0.05) is 16.8 Å². The van der Waals surface area contributed by atoms with Gasteiger partial charge in [-0.15, -0.1) is 0 Å². The topological polar surface area (TPSA) is 69.2 Å². The highest BCUT2D eigenvalue weighted by molar-refractivity contribution is 6.33. The Morgan fingerprint density at radius 1 is 1.30 bits per heavy atom. The molecule has 0 unspecified atom stereocenters. The summed E-state index contributed by atoms with van der Waals surface area (Å²) in [6, 6.07) is 3.72. The molecule has 2 aromatic heterocycles. The normalized spacial score (nSPS) is 15.7. The van der Waals surface area contributed by atoms with Gasteiger partial charge in [-0.3, -0.25) is 4.90 Å². The van der Waals surface area contributed by atoms with Crippen molar-refractivity contribution in [2.75, 3.05) is 31.1 Å². The summed E-state index contributed by atoms with van der Waals surface area (Å²) in [5.41, 5.74) is 2.62. The predicted octanol–water partition coefficient (Wildman–Crippen LogP) is 2.53. The molecule has 1 fully saturated rings. The SMILES string of the molecule is Cc1noc(C)c1CN1CCN(c2ncc(C#N)cc2Cl)CC1. The average molecular weight is 332 g/mol. The van der Waals surface area contributed by atoms with Crippen LogP contribution in [-0.4, -0.2) is 41.2 Å². The van der Waals surface area contributed by atoms with E-state index in [0.29, 0.717) is 10.6 Å².